The summed E-state index contributed by atoms with van der Waals surface area (Å²) >= 11 is 0. The van der Waals surface area contributed by atoms with Gasteiger partial charge in [0.05, 0.1) is 19.8 Å². The first-order valence-electron chi connectivity index (χ1n) is 5.39. The highest BCUT2D eigenvalue weighted by molar-refractivity contribution is 4.75. The first kappa shape index (κ1) is 11.9. The number of nitrogens with two attached hydrogens (primary N) is 1. The lowest BCUT2D eigenvalue weighted by Crippen LogP contribution is -2.41. The van der Waals surface area contributed by atoms with Gasteiger partial charge in [-0.3, -0.25) is 11.3 Å². The highest BCUT2D eigenvalue weighted by Gasteiger charge is 2.21. The van der Waals surface area contributed by atoms with E-state index in [0.717, 1.165) is 12.3 Å². The van der Waals surface area contributed by atoms with E-state index in [1.54, 1.807) is 7.11 Å². The molecule has 0 aromatic rings. The highest BCUT2D eigenvalue weighted by Crippen LogP contribution is 2.30. The molecule has 0 radical (unpaired) electrons. The predicted octanol–water partition coefficient (Wildman–Crippen LogP) is 0.672. The Bertz CT molecular complexity index is 140. The van der Waals surface area contributed by atoms with Crippen LogP contribution in [0.2, 0.25) is 0 Å². The second-order valence-electron chi connectivity index (χ2n) is 3.96. The van der Waals surface area contributed by atoms with Crippen molar-refractivity contribution < 1.29 is 9.47 Å². The summed E-state index contributed by atoms with van der Waals surface area (Å²) in [6, 6.07) is 0.303. The molecule has 1 saturated carbocycles. The Kier molecular flexibility index (Phi) is 6.10. The Hall–Kier alpha value is -0.160. The molecule has 0 amide bonds. The number of hydrazine groups is 1. The van der Waals surface area contributed by atoms with Crippen molar-refractivity contribution >= 4 is 0 Å². The van der Waals surface area contributed by atoms with Gasteiger partial charge in [-0.05, 0) is 12.3 Å². The average molecular weight is 202 g/mol. The number of methoxy groups -OCH3 is 1. The van der Waals surface area contributed by atoms with Crippen molar-refractivity contribution in [2.75, 3.05) is 26.9 Å². The molecule has 0 heterocycles. The molecule has 3 N–H and O–H groups in total. The van der Waals surface area contributed by atoms with Gasteiger partial charge in [0, 0.05) is 13.2 Å². The maximum absolute atomic E-state index is 5.45. The first-order chi connectivity index (χ1) is 6.86. The third-order valence-corrected chi connectivity index (χ3v) is 2.83. The zero-order chi connectivity index (χ0) is 10.2. The van der Waals surface area contributed by atoms with Crippen molar-refractivity contribution in [3.05, 3.63) is 0 Å². The third-order valence-electron chi connectivity index (χ3n) is 2.83. The molecule has 4 nitrogen and oxygen atoms in total. The minimum Gasteiger partial charge on any atom is -0.382 e. The van der Waals surface area contributed by atoms with Crippen molar-refractivity contribution in [1.29, 1.82) is 0 Å². The van der Waals surface area contributed by atoms with E-state index >= 15 is 0 Å². The van der Waals surface area contributed by atoms with Crippen LogP contribution in [0, 0.1) is 5.92 Å². The quantitative estimate of drug-likeness (QED) is 0.345. The number of hydrogen-bond donors (Lipinski definition) is 2. The lowest BCUT2D eigenvalue weighted by molar-refractivity contribution is 0.0522. The molecule has 0 spiro atoms. The van der Waals surface area contributed by atoms with Gasteiger partial charge in [-0.1, -0.05) is 19.3 Å². The van der Waals surface area contributed by atoms with Gasteiger partial charge in [-0.15, -0.1) is 0 Å². The molecule has 84 valence electrons. The number of rotatable bonds is 8. The molecule has 1 rings (SSSR count). The maximum atomic E-state index is 5.45. The van der Waals surface area contributed by atoms with Gasteiger partial charge in [-0.25, -0.2) is 0 Å². The van der Waals surface area contributed by atoms with E-state index in [-0.39, 0.29) is 0 Å². The van der Waals surface area contributed by atoms with Gasteiger partial charge in [0.15, 0.2) is 0 Å². The van der Waals surface area contributed by atoms with E-state index in [1.807, 2.05) is 0 Å². The number of hydrogen-bond acceptors (Lipinski definition) is 4. The van der Waals surface area contributed by atoms with Gasteiger partial charge in [0.1, 0.15) is 0 Å². The zero-order valence-corrected chi connectivity index (χ0v) is 9.00. The Morgan fingerprint density at radius 2 is 2.21 bits per heavy atom. The Labute approximate surface area is 86.1 Å². The van der Waals surface area contributed by atoms with Gasteiger partial charge in [0.2, 0.25) is 0 Å². The molecule has 0 aromatic heterocycles. The van der Waals surface area contributed by atoms with Gasteiger partial charge < -0.3 is 9.47 Å². The summed E-state index contributed by atoms with van der Waals surface area (Å²) in [5.41, 5.74) is 2.81. The topological polar surface area (TPSA) is 56.5 Å². The Balaban J connectivity index is 1.99. The Morgan fingerprint density at radius 1 is 1.43 bits per heavy atom. The van der Waals surface area contributed by atoms with Gasteiger partial charge in [-0.2, -0.15) is 0 Å². The van der Waals surface area contributed by atoms with Crippen LogP contribution in [0.1, 0.15) is 25.7 Å². The van der Waals surface area contributed by atoms with Crippen molar-refractivity contribution in [1.82, 2.24) is 5.43 Å². The molecule has 1 aliphatic rings. The van der Waals surface area contributed by atoms with E-state index < -0.39 is 0 Å². The van der Waals surface area contributed by atoms with Crippen LogP contribution in [0.3, 0.4) is 0 Å². The first-order valence-corrected chi connectivity index (χ1v) is 5.39. The van der Waals surface area contributed by atoms with Crippen LogP contribution in [-0.2, 0) is 9.47 Å². The van der Waals surface area contributed by atoms with Crippen molar-refractivity contribution in [2.24, 2.45) is 11.8 Å². The van der Waals surface area contributed by atoms with Crippen LogP contribution in [0.15, 0.2) is 0 Å². The fourth-order valence-electron chi connectivity index (χ4n) is 1.68. The van der Waals surface area contributed by atoms with E-state index in [4.69, 9.17) is 15.3 Å². The Morgan fingerprint density at radius 3 is 2.71 bits per heavy atom. The van der Waals surface area contributed by atoms with E-state index in [0.29, 0.717) is 25.9 Å². The van der Waals surface area contributed by atoms with Gasteiger partial charge >= 0.3 is 0 Å². The lowest BCUT2D eigenvalue weighted by atomic mass is 9.81. The molecule has 1 aliphatic carbocycles. The second-order valence-corrected chi connectivity index (χ2v) is 3.96. The maximum Gasteiger partial charge on any atom is 0.0701 e. The molecule has 0 aromatic carbocycles. The molecule has 14 heavy (non-hydrogen) atoms. The molecule has 1 fully saturated rings. The van der Waals surface area contributed by atoms with Crippen LogP contribution in [0.5, 0.6) is 0 Å². The fraction of sp³-hybridized carbons (Fsp3) is 1.00. The molecule has 1 unspecified atom stereocenters. The lowest BCUT2D eigenvalue weighted by Gasteiger charge is -2.29. The number of ether oxygens (including phenoxy) is 2. The van der Waals surface area contributed by atoms with E-state index in [1.165, 1.54) is 19.3 Å². The summed E-state index contributed by atoms with van der Waals surface area (Å²) in [5, 5.41) is 0. The summed E-state index contributed by atoms with van der Waals surface area (Å²) in [6.45, 7) is 2.00. The van der Waals surface area contributed by atoms with Crippen LogP contribution >= 0.6 is 0 Å². The number of nitrogens with one attached hydrogen (secondary N) is 1. The summed E-state index contributed by atoms with van der Waals surface area (Å²) in [7, 11) is 1.68. The van der Waals surface area contributed by atoms with Crippen LogP contribution < -0.4 is 11.3 Å². The third kappa shape index (κ3) is 4.37. The minimum atomic E-state index is 0.303. The van der Waals surface area contributed by atoms with E-state index in [9.17, 15) is 0 Å². The molecule has 0 aliphatic heterocycles. The molecular formula is C10H22N2O2. The standard InChI is InChI=1S/C10H22N2O2/c1-13-5-6-14-8-10(12-11)7-9-3-2-4-9/h9-10,12H,2-8,11H2,1H3. The molecule has 4 heteroatoms. The average Bonchev–Trinajstić information content (AvgIpc) is 2.14. The van der Waals surface area contributed by atoms with Crippen molar-refractivity contribution in [3.8, 4) is 0 Å². The van der Waals surface area contributed by atoms with Crippen LogP contribution in [-0.4, -0.2) is 33.0 Å². The second kappa shape index (κ2) is 7.17. The minimum absolute atomic E-state index is 0.303. The SMILES string of the molecule is COCCOCC(CC1CCC1)NN. The van der Waals surface area contributed by atoms with Crippen molar-refractivity contribution in [2.45, 2.75) is 31.7 Å². The predicted molar refractivity (Wildman–Crippen MR) is 55.8 cm³/mol. The summed E-state index contributed by atoms with van der Waals surface area (Å²) in [4.78, 5) is 0. The summed E-state index contributed by atoms with van der Waals surface area (Å²) < 4.78 is 10.3. The summed E-state index contributed by atoms with van der Waals surface area (Å²) in [6.07, 6.45) is 5.24. The van der Waals surface area contributed by atoms with E-state index in [2.05, 4.69) is 5.43 Å². The smallest absolute Gasteiger partial charge is 0.0701 e. The van der Waals surface area contributed by atoms with Gasteiger partial charge in [0.25, 0.3) is 0 Å². The molecule has 0 saturated heterocycles. The summed E-state index contributed by atoms with van der Waals surface area (Å²) in [5.74, 6) is 6.32. The molecule has 0 bridgehead atoms. The zero-order valence-electron chi connectivity index (χ0n) is 9.00. The van der Waals surface area contributed by atoms with Crippen molar-refractivity contribution in [3.63, 3.8) is 0 Å². The van der Waals surface area contributed by atoms with Crippen LogP contribution in [0.25, 0.3) is 0 Å². The molecule has 1 atom stereocenters. The normalized spacial score (nSPS) is 19.3. The van der Waals surface area contributed by atoms with Crippen LogP contribution in [0.4, 0.5) is 0 Å². The monoisotopic (exact) mass is 202 g/mol. The fourth-order valence-corrected chi connectivity index (χ4v) is 1.68. The highest BCUT2D eigenvalue weighted by atomic mass is 16.5. The largest absolute Gasteiger partial charge is 0.382 e. The molecular weight excluding hydrogens is 180 g/mol.